The summed E-state index contributed by atoms with van der Waals surface area (Å²) in [7, 11) is 3.38. The quantitative estimate of drug-likeness (QED) is 0.798. The zero-order valence-corrected chi connectivity index (χ0v) is 13.7. The van der Waals surface area contributed by atoms with E-state index in [-0.39, 0.29) is 17.2 Å². The average Bonchev–Trinajstić information content (AvgIpc) is 2.97. The van der Waals surface area contributed by atoms with Crippen molar-refractivity contribution >= 4 is 11.6 Å². The number of hydrogen-bond acceptors (Lipinski definition) is 3. The molecule has 0 aliphatic heterocycles. The van der Waals surface area contributed by atoms with E-state index in [1.165, 1.54) is 5.57 Å². The molecule has 1 heterocycles. The van der Waals surface area contributed by atoms with E-state index in [0.29, 0.717) is 11.8 Å². The third-order valence-corrected chi connectivity index (χ3v) is 4.34. The number of anilines is 1. The number of amides is 1. The second-order valence-electron chi connectivity index (χ2n) is 6.52. The van der Waals surface area contributed by atoms with Gasteiger partial charge in [-0.25, -0.2) is 4.98 Å². The van der Waals surface area contributed by atoms with Gasteiger partial charge in [0, 0.05) is 13.1 Å². The molecule has 1 aromatic heterocycles. The van der Waals surface area contributed by atoms with Crippen LogP contribution in [0.5, 0.6) is 5.88 Å². The number of carbonyl (C=O) groups excluding carboxylic acids is 1. The van der Waals surface area contributed by atoms with Gasteiger partial charge in [0.1, 0.15) is 0 Å². The van der Waals surface area contributed by atoms with Crippen molar-refractivity contribution in [1.29, 1.82) is 0 Å². The Balaban J connectivity index is 2.14. The smallest absolute Gasteiger partial charge is 0.231 e. The highest BCUT2D eigenvalue weighted by Crippen LogP contribution is 2.60. The van der Waals surface area contributed by atoms with Crippen LogP contribution in [0.4, 0.5) is 5.69 Å². The molecule has 1 saturated carbocycles. The Bertz CT molecular complexity index is 557. The molecular weight excluding hydrogens is 264 g/mol. The summed E-state index contributed by atoms with van der Waals surface area (Å²) < 4.78 is 5.04. The third-order valence-electron chi connectivity index (χ3n) is 4.34. The Morgan fingerprint density at radius 2 is 2.05 bits per heavy atom. The summed E-state index contributed by atoms with van der Waals surface area (Å²) >= 11 is 0. The van der Waals surface area contributed by atoms with Crippen molar-refractivity contribution in [3.8, 4) is 5.88 Å². The minimum absolute atomic E-state index is 0.0303. The number of methoxy groups -OCH3 is 1. The van der Waals surface area contributed by atoms with Crippen LogP contribution < -0.4 is 9.64 Å². The molecule has 0 spiro atoms. The molecule has 114 valence electrons. The van der Waals surface area contributed by atoms with Crippen LogP contribution in [0.2, 0.25) is 0 Å². The molecule has 0 unspecified atom stereocenters. The van der Waals surface area contributed by atoms with E-state index in [1.54, 1.807) is 31.3 Å². The fourth-order valence-corrected chi connectivity index (χ4v) is 2.85. The topological polar surface area (TPSA) is 42.4 Å². The predicted molar refractivity (Wildman–Crippen MR) is 84.4 cm³/mol. The lowest BCUT2D eigenvalue weighted by Gasteiger charge is -2.18. The first-order valence-electron chi connectivity index (χ1n) is 7.21. The van der Waals surface area contributed by atoms with E-state index in [4.69, 9.17) is 4.74 Å². The van der Waals surface area contributed by atoms with Crippen molar-refractivity contribution in [2.45, 2.75) is 27.7 Å². The number of ether oxygens (including phenoxy) is 1. The fourth-order valence-electron chi connectivity index (χ4n) is 2.85. The first-order chi connectivity index (χ1) is 9.78. The molecule has 0 radical (unpaired) electrons. The van der Waals surface area contributed by atoms with Gasteiger partial charge < -0.3 is 9.64 Å². The van der Waals surface area contributed by atoms with Gasteiger partial charge in [0.2, 0.25) is 11.8 Å². The molecule has 4 nitrogen and oxygen atoms in total. The number of pyridine rings is 1. The van der Waals surface area contributed by atoms with Gasteiger partial charge in [0.05, 0.1) is 24.9 Å². The van der Waals surface area contributed by atoms with Gasteiger partial charge in [-0.3, -0.25) is 4.79 Å². The van der Waals surface area contributed by atoms with E-state index < -0.39 is 0 Å². The fraction of sp³-hybridized carbons (Fsp3) is 0.529. The Kier molecular flexibility index (Phi) is 4.08. The maximum atomic E-state index is 12.7. The maximum absolute atomic E-state index is 12.7. The second kappa shape index (κ2) is 5.51. The van der Waals surface area contributed by atoms with Crippen molar-refractivity contribution in [3.05, 3.63) is 30.0 Å². The van der Waals surface area contributed by atoms with Crippen molar-refractivity contribution < 1.29 is 9.53 Å². The normalized spacial score (nSPS) is 22.4. The third kappa shape index (κ3) is 2.94. The Hall–Kier alpha value is -1.84. The van der Waals surface area contributed by atoms with E-state index >= 15 is 0 Å². The summed E-state index contributed by atoms with van der Waals surface area (Å²) in [5, 5.41) is 0. The van der Waals surface area contributed by atoms with Gasteiger partial charge in [-0.2, -0.15) is 0 Å². The molecule has 0 aromatic carbocycles. The van der Waals surface area contributed by atoms with Crippen LogP contribution in [0, 0.1) is 17.3 Å². The minimum Gasteiger partial charge on any atom is -0.481 e. The molecule has 21 heavy (non-hydrogen) atoms. The SMILES string of the molecule is COc1ccc(N(C)C(=O)[C@H]2[C@@H](C=C(C)C)C2(C)C)cn1. The molecule has 1 aromatic rings. The number of nitrogens with zero attached hydrogens (tertiary/aromatic N) is 2. The largest absolute Gasteiger partial charge is 0.481 e. The van der Waals surface area contributed by atoms with Crippen LogP contribution in [-0.4, -0.2) is 25.0 Å². The molecule has 1 aliphatic carbocycles. The number of carbonyl (C=O) groups is 1. The summed E-state index contributed by atoms with van der Waals surface area (Å²) in [4.78, 5) is 18.6. The van der Waals surface area contributed by atoms with Gasteiger partial charge in [-0.15, -0.1) is 0 Å². The van der Waals surface area contributed by atoms with Crippen LogP contribution in [0.3, 0.4) is 0 Å². The molecule has 0 saturated heterocycles. The molecule has 2 rings (SSSR count). The van der Waals surface area contributed by atoms with Crippen LogP contribution >= 0.6 is 0 Å². The lowest BCUT2D eigenvalue weighted by atomic mass is 10.1. The Morgan fingerprint density at radius 1 is 1.38 bits per heavy atom. The van der Waals surface area contributed by atoms with E-state index in [2.05, 4.69) is 38.8 Å². The highest BCUT2D eigenvalue weighted by Gasteiger charge is 2.61. The zero-order chi connectivity index (χ0) is 15.8. The average molecular weight is 288 g/mol. The van der Waals surface area contributed by atoms with E-state index in [1.807, 2.05) is 6.07 Å². The molecular formula is C17H24N2O2. The zero-order valence-electron chi connectivity index (χ0n) is 13.7. The molecule has 1 fully saturated rings. The maximum Gasteiger partial charge on any atom is 0.231 e. The van der Waals surface area contributed by atoms with Crippen molar-refractivity contribution in [2.75, 3.05) is 19.1 Å². The lowest BCUT2D eigenvalue weighted by molar-refractivity contribution is -0.120. The number of allylic oxidation sites excluding steroid dienone is 2. The number of aromatic nitrogens is 1. The summed E-state index contributed by atoms with van der Waals surface area (Å²) in [6.45, 7) is 8.46. The summed E-state index contributed by atoms with van der Waals surface area (Å²) in [5.41, 5.74) is 2.08. The molecule has 2 atom stereocenters. The van der Waals surface area contributed by atoms with Gasteiger partial charge in [-0.05, 0) is 31.2 Å². The highest BCUT2D eigenvalue weighted by atomic mass is 16.5. The van der Waals surface area contributed by atoms with E-state index in [9.17, 15) is 4.79 Å². The van der Waals surface area contributed by atoms with E-state index in [0.717, 1.165) is 5.69 Å². The van der Waals surface area contributed by atoms with Crippen molar-refractivity contribution in [1.82, 2.24) is 4.98 Å². The van der Waals surface area contributed by atoms with Crippen molar-refractivity contribution in [2.24, 2.45) is 17.3 Å². The molecule has 0 N–H and O–H groups in total. The first kappa shape index (κ1) is 15.5. The van der Waals surface area contributed by atoms with Crippen molar-refractivity contribution in [3.63, 3.8) is 0 Å². The Morgan fingerprint density at radius 3 is 2.52 bits per heavy atom. The highest BCUT2D eigenvalue weighted by molar-refractivity contribution is 5.97. The lowest BCUT2D eigenvalue weighted by Crippen LogP contribution is -2.29. The summed E-state index contributed by atoms with van der Waals surface area (Å²) in [6.07, 6.45) is 3.88. The van der Waals surface area contributed by atoms with Crippen LogP contribution in [0.15, 0.2) is 30.0 Å². The van der Waals surface area contributed by atoms with Gasteiger partial charge >= 0.3 is 0 Å². The monoisotopic (exact) mass is 288 g/mol. The van der Waals surface area contributed by atoms with Crippen LogP contribution in [0.25, 0.3) is 0 Å². The molecule has 1 amide bonds. The summed E-state index contributed by atoms with van der Waals surface area (Å²) in [5.74, 6) is 1.06. The van der Waals surface area contributed by atoms with Crippen LogP contribution in [-0.2, 0) is 4.79 Å². The first-order valence-corrected chi connectivity index (χ1v) is 7.21. The van der Waals surface area contributed by atoms with Gasteiger partial charge in [-0.1, -0.05) is 25.5 Å². The molecule has 0 bridgehead atoms. The number of rotatable bonds is 4. The summed E-state index contributed by atoms with van der Waals surface area (Å²) in [6, 6.07) is 3.62. The predicted octanol–water partition coefficient (Wildman–Crippen LogP) is 3.29. The second-order valence-corrected chi connectivity index (χ2v) is 6.52. The molecule has 1 aliphatic rings. The van der Waals surface area contributed by atoms with Gasteiger partial charge in [0.15, 0.2) is 0 Å². The minimum atomic E-state index is 0.0303. The number of hydrogen-bond donors (Lipinski definition) is 0. The molecule has 4 heteroatoms. The van der Waals surface area contributed by atoms with Crippen LogP contribution in [0.1, 0.15) is 27.7 Å². The van der Waals surface area contributed by atoms with Gasteiger partial charge in [0.25, 0.3) is 0 Å². The standard InChI is InChI=1S/C17H24N2O2/c1-11(2)9-13-15(17(13,3)4)16(20)19(5)12-7-8-14(21-6)18-10-12/h7-10,13,15H,1-6H3/t13-,15-/m1/s1. The Labute approximate surface area is 126 Å².